The standard InChI is InChI=1S/C28H20N3O.C19H16N.Ir/c1-16-12-25-19(6-5-11-29-25)13-23(16)24-14-26(30-15-17(24)2)22-8-4-7-20-21-10-9-18(3)31-28(21)32-27(20)22;1-14-8-11-19(20-13-14)17-10-9-15(2)18(12-17)16-6-4-3-5-7-16;/h4-7,9-15H,1-3H3;3-9,11-13H,1-2H3;/q2*-1;. The number of fused-ring (bicyclic) bond motifs is 4. The van der Waals surface area contributed by atoms with Crippen LogP contribution in [-0.4, -0.2) is 19.9 Å². The van der Waals surface area contributed by atoms with Crippen molar-refractivity contribution in [3.63, 3.8) is 0 Å². The number of benzene rings is 4. The SMILES string of the molecule is Cc1ccc(-c2[c-]cc(C)c(-c3ccccc3)c2)nc1.Cc1ccc2c(n1)oc1c(-c3cc(-c4cc5cccnc5cc4C)c(C)cn3)[c-]ccc12.[Ir]. The van der Waals surface area contributed by atoms with E-state index in [1.807, 2.05) is 74.9 Å². The van der Waals surface area contributed by atoms with Gasteiger partial charge in [-0.1, -0.05) is 78.0 Å². The van der Waals surface area contributed by atoms with Crippen LogP contribution in [0.5, 0.6) is 0 Å². The first-order valence-corrected chi connectivity index (χ1v) is 17.4. The minimum Gasteiger partial charge on any atom is -0.486 e. The minimum absolute atomic E-state index is 0. The van der Waals surface area contributed by atoms with Gasteiger partial charge in [-0.25, -0.2) is 4.98 Å². The third-order valence-corrected chi connectivity index (χ3v) is 9.47. The van der Waals surface area contributed by atoms with Gasteiger partial charge in [0.2, 0.25) is 5.71 Å². The molecule has 0 spiro atoms. The second-order valence-electron chi connectivity index (χ2n) is 13.3. The summed E-state index contributed by atoms with van der Waals surface area (Å²) in [6, 6.07) is 44.0. The number of hydrogen-bond donors (Lipinski definition) is 0. The average molecular weight is 865 g/mol. The Morgan fingerprint density at radius 2 is 1.42 bits per heavy atom. The van der Waals surface area contributed by atoms with Crippen LogP contribution in [-0.2, 0) is 20.1 Å². The van der Waals surface area contributed by atoms with Gasteiger partial charge in [-0.2, -0.15) is 0 Å². The van der Waals surface area contributed by atoms with Crippen LogP contribution in [0.25, 0.3) is 77.7 Å². The van der Waals surface area contributed by atoms with Gasteiger partial charge in [0.05, 0.1) is 11.1 Å². The molecule has 0 amide bonds. The average Bonchev–Trinajstić information content (AvgIpc) is 3.54. The van der Waals surface area contributed by atoms with Crippen LogP contribution in [0.3, 0.4) is 0 Å². The first kappa shape index (κ1) is 35.6. The molecule has 5 heterocycles. The molecule has 1 radical (unpaired) electrons. The fraction of sp³-hybridized carbons (Fsp3) is 0.106. The quantitative estimate of drug-likeness (QED) is 0.165. The molecular weight excluding hydrogens is 829 g/mol. The number of hydrogen-bond acceptors (Lipinski definition) is 5. The molecule has 0 atom stereocenters. The van der Waals surface area contributed by atoms with Crippen molar-refractivity contribution in [2.75, 3.05) is 0 Å². The summed E-state index contributed by atoms with van der Waals surface area (Å²) in [5, 5.41) is 3.16. The molecule has 9 aromatic rings. The molecule has 5 aromatic heterocycles. The topological polar surface area (TPSA) is 64.7 Å². The van der Waals surface area contributed by atoms with E-state index < -0.39 is 0 Å². The Morgan fingerprint density at radius 3 is 2.23 bits per heavy atom. The van der Waals surface area contributed by atoms with Gasteiger partial charge in [-0.15, -0.1) is 47.5 Å². The van der Waals surface area contributed by atoms with Crippen LogP contribution < -0.4 is 0 Å². The molecular formula is C47H36IrN4O-2. The molecule has 0 aliphatic heterocycles. The van der Waals surface area contributed by atoms with E-state index in [1.165, 1.54) is 33.4 Å². The second kappa shape index (κ2) is 15.0. The zero-order valence-electron chi connectivity index (χ0n) is 30.2. The van der Waals surface area contributed by atoms with Gasteiger partial charge in [-0.05, 0) is 103 Å². The summed E-state index contributed by atoms with van der Waals surface area (Å²) < 4.78 is 6.19. The molecule has 9 rings (SSSR count). The third kappa shape index (κ3) is 7.17. The number of aryl methyl sites for hydroxylation is 5. The fourth-order valence-corrected chi connectivity index (χ4v) is 6.64. The Hall–Kier alpha value is -5.81. The molecule has 53 heavy (non-hydrogen) atoms. The van der Waals surface area contributed by atoms with Gasteiger partial charge in [0, 0.05) is 55.2 Å². The smallest absolute Gasteiger partial charge is 0.216 e. The Kier molecular flexibility index (Phi) is 10.1. The predicted molar refractivity (Wildman–Crippen MR) is 212 cm³/mol. The number of nitrogens with zero attached hydrogens (tertiary/aromatic N) is 4. The maximum Gasteiger partial charge on any atom is 0.216 e. The summed E-state index contributed by atoms with van der Waals surface area (Å²) in [7, 11) is 0. The van der Waals surface area contributed by atoms with Gasteiger partial charge in [0.1, 0.15) is 0 Å². The Bertz CT molecular complexity index is 2740. The van der Waals surface area contributed by atoms with Crippen molar-refractivity contribution in [3.05, 3.63) is 168 Å². The number of pyridine rings is 4. The maximum atomic E-state index is 6.19. The molecule has 0 bridgehead atoms. The summed E-state index contributed by atoms with van der Waals surface area (Å²) in [5.41, 5.74) is 16.5. The van der Waals surface area contributed by atoms with Crippen molar-refractivity contribution in [1.82, 2.24) is 19.9 Å². The first-order chi connectivity index (χ1) is 25.3. The summed E-state index contributed by atoms with van der Waals surface area (Å²) in [6.07, 6.45) is 5.65. The van der Waals surface area contributed by atoms with Crippen LogP contribution in [0.15, 0.2) is 132 Å². The molecule has 0 fully saturated rings. The minimum atomic E-state index is 0. The van der Waals surface area contributed by atoms with Crippen molar-refractivity contribution in [2.45, 2.75) is 34.6 Å². The summed E-state index contributed by atoms with van der Waals surface area (Å²) >= 11 is 0. The van der Waals surface area contributed by atoms with Crippen LogP contribution in [0.4, 0.5) is 0 Å². The maximum absolute atomic E-state index is 6.19. The molecule has 0 aliphatic rings. The molecule has 0 aliphatic carbocycles. The van der Waals surface area contributed by atoms with E-state index in [1.54, 1.807) is 0 Å². The molecule has 0 saturated heterocycles. The zero-order chi connectivity index (χ0) is 35.8. The van der Waals surface area contributed by atoms with Gasteiger partial charge in [0.15, 0.2) is 0 Å². The van der Waals surface area contributed by atoms with Gasteiger partial charge in [0.25, 0.3) is 0 Å². The van der Waals surface area contributed by atoms with Gasteiger partial charge < -0.3 is 14.4 Å². The Balaban J connectivity index is 0.000000179. The van der Waals surface area contributed by atoms with E-state index in [0.717, 1.165) is 66.6 Å². The Labute approximate surface area is 323 Å². The van der Waals surface area contributed by atoms with E-state index in [0.29, 0.717) is 5.71 Å². The molecule has 0 unspecified atom stereocenters. The summed E-state index contributed by atoms with van der Waals surface area (Å²) in [6.45, 7) is 10.4. The van der Waals surface area contributed by atoms with Crippen LogP contribution in [0, 0.1) is 46.8 Å². The van der Waals surface area contributed by atoms with E-state index in [2.05, 4.69) is 115 Å². The van der Waals surface area contributed by atoms with Gasteiger partial charge in [-0.3, -0.25) is 4.98 Å². The van der Waals surface area contributed by atoms with Crippen molar-refractivity contribution < 1.29 is 24.5 Å². The number of rotatable bonds is 4. The number of aromatic nitrogens is 4. The van der Waals surface area contributed by atoms with Crippen LogP contribution in [0.2, 0.25) is 0 Å². The monoisotopic (exact) mass is 865 g/mol. The molecule has 5 nitrogen and oxygen atoms in total. The van der Waals surface area contributed by atoms with Crippen molar-refractivity contribution in [2.24, 2.45) is 0 Å². The Morgan fingerprint density at radius 1 is 0.604 bits per heavy atom. The normalized spacial score (nSPS) is 11.0. The van der Waals surface area contributed by atoms with Crippen LogP contribution >= 0.6 is 0 Å². The van der Waals surface area contributed by atoms with E-state index in [9.17, 15) is 0 Å². The molecule has 6 heteroatoms. The molecule has 0 N–H and O–H groups in total. The second-order valence-corrected chi connectivity index (χ2v) is 13.3. The number of furan rings is 1. The van der Waals surface area contributed by atoms with E-state index in [4.69, 9.17) is 9.40 Å². The van der Waals surface area contributed by atoms with Gasteiger partial charge >= 0.3 is 0 Å². The largest absolute Gasteiger partial charge is 0.486 e. The van der Waals surface area contributed by atoms with E-state index in [-0.39, 0.29) is 20.1 Å². The fourth-order valence-electron chi connectivity index (χ4n) is 6.64. The van der Waals surface area contributed by atoms with Crippen molar-refractivity contribution >= 4 is 33.0 Å². The van der Waals surface area contributed by atoms with Crippen molar-refractivity contribution in [1.29, 1.82) is 0 Å². The molecule has 4 aromatic carbocycles. The third-order valence-electron chi connectivity index (χ3n) is 9.47. The predicted octanol–water partition coefficient (Wildman–Crippen LogP) is 11.8. The zero-order valence-corrected chi connectivity index (χ0v) is 32.5. The first-order valence-electron chi connectivity index (χ1n) is 17.4. The summed E-state index contributed by atoms with van der Waals surface area (Å²) in [4.78, 5) is 18.3. The van der Waals surface area contributed by atoms with Crippen LogP contribution in [0.1, 0.15) is 27.9 Å². The summed E-state index contributed by atoms with van der Waals surface area (Å²) in [5.74, 6) is 0. The molecule has 0 saturated carbocycles. The van der Waals surface area contributed by atoms with Crippen molar-refractivity contribution in [3.8, 4) is 44.8 Å². The molecule has 261 valence electrons. The van der Waals surface area contributed by atoms with E-state index >= 15 is 0 Å².